The molecule has 0 unspecified atom stereocenters. The van der Waals surface area contributed by atoms with E-state index in [1.807, 2.05) is 36.0 Å². The Morgan fingerprint density at radius 3 is 2.64 bits per heavy atom. The van der Waals surface area contributed by atoms with Crippen molar-refractivity contribution in [3.63, 3.8) is 0 Å². The van der Waals surface area contributed by atoms with Gasteiger partial charge in [0.2, 0.25) is 0 Å². The van der Waals surface area contributed by atoms with Crippen molar-refractivity contribution in [2.75, 3.05) is 38.1 Å². The second kappa shape index (κ2) is 4.88. The van der Waals surface area contributed by atoms with E-state index in [4.69, 9.17) is 4.74 Å². The summed E-state index contributed by atoms with van der Waals surface area (Å²) in [6, 6.07) is 5.55. The van der Waals surface area contributed by atoms with Crippen LogP contribution < -0.4 is 15.1 Å². The highest BCUT2D eigenvalue weighted by Gasteiger charge is 2.23. The van der Waals surface area contributed by atoms with Crippen molar-refractivity contribution in [1.82, 2.24) is 9.47 Å². The lowest BCUT2D eigenvalue weighted by Crippen LogP contribution is -2.44. The van der Waals surface area contributed by atoms with Gasteiger partial charge < -0.3 is 19.1 Å². The van der Waals surface area contributed by atoms with Crippen LogP contribution in [0.2, 0.25) is 0 Å². The second-order valence-corrected chi connectivity index (χ2v) is 6.03. The van der Waals surface area contributed by atoms with Crippen LogP contribution in [0.3, 0.4) is 0 Å². The van der Waals surface area contributed by atoms with Gasteiger partial charge in [-0.1, -0.05) is 0 Å². The van der Waals surface area contributed by atoms with Gasteiger partial charge in [0.15, 0.2) is 11.2 Å². The van der Waals surface area contributed by atoms with Crippen molar-refractivity contribution in [2.24, 2.45) is 0 Å². The molecule has 0 aliphatic carbocycles. The summed E-state index contributed by atoms with van der Waals surface area (Å²) < 4.78 is 8.01. The summed E-state index contributed by atoms with van der Waals surface area (Å²) in [7, 11) is 2.14. The SMILES string of the molecule is CC1=Cn2ccc(=O)c3ccc(N4CCN(C)CC4)c(c32)O1. The van der Waals surface area contributed by atoms with Crippen LogP contribution in [0.15, 0.2) is 34.9 Å². The Kier molecular flexibility index (Phi) is 2.97. The van der Waals surface area contributed by atoms with E-state index in [1.165, 1.54) is 0 Å². The number of ether oxygens (including phenoxy) is 1. The van der Waals surface area contributed by atoms with E-state index in [2.05, 4.69) is 16.8 Å². The van der Waals surface area contributed by atoms with Crippen molar-refractivity contribution in [1.29, 1.82) is 0 Å². The van der Waals surface area contributed by atoms with Crippen LogP contribution in [-0.4, -0.2) is 42.7 Å². The van der Waals surface area contributed by atoms with E-state index in [9.17, 15) is 4.79 Å². The third kappa shape index (κ3) is 2.01. The average molecular weight is 297 g/mol. The molecule has 0 spiro atoms. The van der Waals surface area contributed by atoms with Gasteiger partial charge in [-0.3, -0.25) is 4.79 Å². The number of anilines is 1. The fourth-order valence-electron chi connectivity index (χ4n) is 3.22. The van der Waals surface area contributed by atoms with E-state index in [0.717, 1.165) is 48.9 Å². The molecule has 0 amide bonds. The number of nitrogens with zero attached hydrogens (tertiary/aromatic N) is 3. The van der Waals surface area contributed by atoms with Crippen molar-refractivity contribution in [2.45, 2.75) is 6.92 Å². The van der Waals surface area contributed by atoms with Gasteiger partial charge in [0.05, 0.1) is 5.69 Å². The monoisotopic (exact) mass is 297 g/mol. The molecule has 0 saturated carbocycles. The number of rotatable bonds is 1. The Bertz CT molecular complexity index is 830. The summed E-state index contributed by atoms with van der Waals surface area (Å²) in [6.07, 6.45) is 3.73. The number of pyridine rings is 1. The van der Waals surface area contributed by atoms with Gasteiger partial charge in [0, 0.05) is 50.0 Å². The fraction of sp³-hybridized carbons (Fsp3) is 0.353. The summed E-state index contributed by atoms with van der Waals surface area (Å²) in [5.41, 5.74) is 1.98. The largest absolute Gasteiger partial charge is 0.456 e. The lowest BCUT2D eigenvalue weighted by Gasteiger charge is -2.35. The van der Waals surface area contributed by atoms with Gasteiger partial charge in [-0.2, -0.15) is 0 Å². The lowest BCUT2D eigenvalue weighted by atomic mass is 10.1. The number of allylic oxidation sites excluding steroid dienone is 1. The van der Waals surface area contributed by atoms with Gasteiger partial charge in [-0.25, -0.2) is 0 Å². The van der Waals surface area contributed by atoms with E-state index < -0.39 is 0 Å². The predicted molar refractivity (Wildman–Crippen MR) is 88.5 cm³/mol. The van der Waals surface area contributed by atoms with Gasteiger partial charge in [0.1, 0.15) is 11.3 Å². The number of aromatic nitrogens is 1. The number of hydrogen-bond donors (Lipinski definition) is 0. The molecule has 0 radical (unpaired) electrons. The molecule has 1 fully saturated rings. The maximum atomic E-state index is 12.1. The first kappa shape index (κ1) is 13.4. The van der Waals surface area contributed by atoms with Gasteiger partial charge >= 0.3 is 0 Å². The minimum absolute atomic E-state index is 0.0361. The first-order valence-electron chi connectivity index (χ1n) is 7.61. The number of benzene rings is 1. The molecule has 0 N–H and O–H groups in total. The predicted octanol–water partition coefficient (Wildman–Crippen LogP) is 1.96. The first-order chi connectivity index (χ1) is 10.6. The normalized spacial score (nSPS) is 18.3. The Labute approximate surface area is 129 Å². The number of likely N-dealkylation sites (N-methyl/N-ethyl adjacent to an activating group) is 1. The zero-order chi connectivity index (χ0) is 15.3. The highest BCUT2D eigenvalue weighted by atomic mass is 16.5. The summed E-state index contributed by atoms with van der Waals surface area (Å²) >= 11 is 0. The average Bonchev–Trinajstić information content (AvgIpc) is 2.51. The second-order valence-electron chi connectivity index (χ2n) is 6.03. The van der Waals surface area contributed by atoms with Crippen molar-refractivity contribution < 1.29 is 4.74 Å². The Balaban J connectivity index is 1.91. The Morgan fingerprint density at radius 2 is 1.86 bits per heavy atom. The molecule has 2 aliphatic rings. The van der Waals surface area contributed by atoms with Crippen LogP contribution >= 0.6 is 0 Å². The van der Waals surface area contributed by atoms with Gasteiger partial charge in [0.25, 0.3) is 0 Å². The molecular weight excluding hydrogens is 278 g/mol. The van der Waals surface area contributed by atoms with Crippen molar-refractivity contribution in [3.8, 4) is 5.75 Å². The molecule has 2 aliphatic heterocycles. The zero-order valence-electron chi connectivity index (χ0n) is 12.9. The van der Waals surface area contributed by atoms with Crippen LogP contribution in [0.1, 0.15) is 6.92 Å². The maximum absolute atomic E-state index is 12.1. The minimum atomic E-state index is 0.0361. The molecule has 5 nitrogen and oxygen atoms in total. The molecule has 2 aromatic rings. The molecule has 3 heterocycles. The van der Waals surface area contributed by atoms with Crippen molar-refractivity contribution >= 4 is 22.8 Å². The molecule has 22 heavy (non-hydrogen) atoms. The summed E-state index contributed by atoms with van der Waals surface area (Å²) in [5, 5.41) is 0.708. The molecule has 5 heteroatoms. The maximum Gasteiger partial charge on any atom is 0.189 e. The summed E-state index contributed by atoms with van der Waals surface area (Å²) in [4.78, 5) is 16.8. The third-order valence-electron chi connectivity index (χ3n) is 4.45. The highest BCUT2D eigenvalue weighted by molar-refractivity contribution is 5.93. The van der Waals surface area contributed by atoms with Gasteiger partial charge in [-0.05, 0) is 26.1 Å². The van der Waals surface area contributed by atoms with E-state index in [-0.39, 0.29) is 5.43 Å². The number of piperazine rings is 1. The third-order valence-corrected chi connectivity index (χ3v) is 4.45. The minimum Gasteiger partial charge on any atom is -0.456 e. The quantitative estimate of drug-likeness (QED) is 0.806. The van der Waals surface area contributed by atoms with E-state index in [1.54, 1.807) is 6.07 Å². The van der Waals surface area contributed by atoms with Crippen LogP contribution in [-0.2, 0) is 0 Å². The van der Waals surface area contributed by atoms with Crippen molar-refractivity contribution in [3.05, 3.63) is 40.4 Å². The Morgan fingerprint density at radius 1 is 1.09 bits per heavy atom. The topological polar surface area (TPSA) is 37.7 Å². The standard InChI is InChI=1S/C17H19N3O2/c1-12-11-20-6-5-15(21)13-3-4-14(17(22-12)16(13)20)19-9-7-18(2)8-10-19/h3-6,11H,7-10H2,1-2H3. The molecular formula is C17H19N3O2. The molecule has 0 atom stereocenters. The van der Waals surface area contributed by atoms with Gasteiger partial charge in [-0.15, -0.1) is 0 Å². The molecule has 0 bridgehead atoms. The summed E-state index contributed by atoms with van der Waals surface area (Å²) in [5.74, 6) is 1.64. The molecule has 4 rings (SSSR count). The summed E-state index contributed by atoms with van der Waals surface area (Å²) in [6.45, 7) is 5.95. The first-order valence-corrected chi connectivity index (χ1v) is 7.61. The van der Waals surface area contributed by atoms with Crippen LogP contribution in [0.25, 0.3) is 17.1 Å². The van der Waals surface area contributed by atoms with E-state index in [0.29, 0.717) is 5.39 Å². The lowest BCUT2D eigenvalue weighted by molar-refractivity contribution is 0.311. The van der Waals surface area contributed by atoms with Crippen LogP contribution in [0.5, 0.6) is 5.75 Å². The molecule has 1 saturated heterocycles. The Hall–Kier alpha value is -2.27. The molecule has 114 valence electrons. The number of hydrogen-bond acceptors (Lipinski definition) is 4. The zero-order valence-corrected chi connectivity index (χ0v) is 12.9. The van der Waals surface area contributed by atoms with Crippen LogP contribution in [0.4, 0.5) is 5.69 Å². The highest BCUT2D eigenvalue weighted by Crippen LogP contribution is 2.39. The smallest absolute Gasteiger partial charge is 0.189 e. The molecule has 1 aromatic carbocycles. The fourth-order valence-corrected chi connectivity index (χ4v) is 3.22. The van der Waals surface area contributed by atoms with Crippen LogP contribution in [0, 0.1) is 0 Å². The van der Waals surface area contributed by atoms with E-state index >= 15 is 0 Å². The molecule has 1 aromatic heterocycles.